The monoisotopic (exact) mass is 313 g/mol. The van der Waals surface area contributed by atoms with Crippen molar-refractivity contribution < 1.29 is 9.59 Å². The normalized spacial score (nSPS) is 17.4. The van der Waals surface area contributed by atoms with Crippen molar-refractivity contribution in [2.75, 3.05) is 13.6 Å². The Hall–Kier alpha value is -2.35. The van der Waals surface area contributed by atoms with Crippen LogP contribution in [-0.4, -0.2) is 41.2 Å². The highest BCUT2D eigenvalue weighted by Crippen LogP contribution is 2.20. The molecule has 0 aliphatic carbocycles. The fraction of sp³-hybridized carbons (Fsp3) is 0.500. The van der Waals surface area contributed by atoms with Crippen LogP contribution in [0.5, 0.6) is 0 Å². The molecule has 5 heteroatoms. The van der Waals surface area contributed by atoms with E-state index in [0.29, 0.717) is 25.1 Å². The molecule has 122 valence electrons. The van der Waals surface area contributed by atoms with E-state index in [0.717, 1.165) is 24.8 Å². The number of amides is 2. The minimum absolute atomic E-state index is 0.0196. The summed E-state index contributed by atoms with van der Waals surface area (Å²) >= 11 is 0. The molecule has 0 saturated carbocycles. The smallest absolute Gasteiger partial charge is 0.245 e. The predicted octanol–water partition coefficient (Wildman–Crippen LogP) is 2.31. The van der Waals surface area contributed by atoms with Gasteiger partial charge >= 0.3 is 0 Å². The second kappa shape index (κ2) is 7.77. The Kier molecular flexibility index (Phi) is 5.75. The van der Waals surface area contributed by atoms with Gasteiger partial charge in [0.05, 0.1) is 11.6 Å². The van der Waals surface area contributed by atoms with Gasteiger partial charge < -0.3 is 9.80 Å². The quantitative estimate of drug-likeness (QED) is 0.857. The standard InChI is InChI=1S/C18H23N3O2/c1-3-17(22)21-10-5-4-9-16(21)18(23)20(2)13-15-8-6-7-14(11-15)12-19/h6-8,11,16H,3-5,9-10,13H2,1-2H3/t16-/m0/s1. The van der Waals surface area contributed by atoms with Crippen molar-refractivity contribution in [2.24, 2.45) is 0 Å². The topological polar surface area (TPSA) is 64.4 Å². The zero-order valence-corrected chi connectivity index (χ0v) is 13.8. The van der Waals surface area contributed by atoms with Crippen molar-refractivity contribution >= 4 is 11.8 Å². The van der Waals surface area contributed by atoms with Crippen molar-refractivity contribution in [1.29, 1.82) is 5.26 Å². The predicted molar refractivity (Wildman–Crippen MR) is 87.3 cm³/mol. The number of nitriles is 1. The molecular weight excluding hydrogens is 290 g/mol. The lowest BCUT2D eigenvalue weighted by atomic mass is 10.00. The van der Waals surface area contributed by atoms with E-state index in [2.05, 4.69) is 6.07 Å². The largest absolute Gasteiger partial charge is 0.340 e. The van der Waals surface area contributed by atoms with Crippen LogP contribution >= 0.6 is 0 Å². The summed E-state index contributed by atoms with van der Waals surface area (Å²) in [5, 5.41) is 8.96. The maximum absolute atomic E-state index is 12.8. The van der Waals surface area contributed by atoms with Crippen LogP contribution in [0.1, 0.15) is 43.7 Å². The van der Waals surface area contributed by atoms with Crippen LogP contribution in [0.3, 0.4) is 0 Å². The average molecular weight is 313 g/mol. The Labute approximate surface area is 137 Å². The molecule has 1 aliphatic rings. The molecule has 23 heavy (non-hydrogen) atoms. The first kappa shape index (κ1) is 17.0. The van der Waals surface area contributed by atoms with Crippen LogP contribution < -0.4 is 0 Å². The van der Waals surface area contributed by atoms with E-state index < -0.39 is 0 Å². The summed E-state index contributed by atoms with van der Waals surface area (Å²) in [6, 6.07) is 9.02. The second-order valence-electron chi connectivity index (χ2n) is 5.96. The van der Waals surface area contributed by atoms with Gasteiger partial charge in [-0.2, -0.15) is 5.26 Å². The molecule has 5 nitrogen and oxygen atoms in total. The summed E-state index contributed by atoms with van der Waals surface area (Å²) in [7, 11) is 1.75. The lowest BCUT2D eigenvalue weighted by molar-refractivity contribution is -0.147. The molecule has 1 saturated heterocycles. The number of nitrogens with zero attached hydrogens (tertiary/aromatic N) is 3. The van der Waals surface area contributed by atoms with Gasteiger partial charge in [0.2, 0.25) is 11.8 Å². The van der Waals surface area contributed by atoms with Gasteiger partial charge in [0, 0.05) is 26.6 Å². The molecule has 2 amide bonds. The van der Waals surface area contributed by atoms with Gasteiger partial charge in [0.25, 0.3) is 0 Å². The minimum atomic E-state index is -0.347. The summed E-state index contributed by atoms with van der Waals surface area (Å²) in [5.41, 5.74) is 1.51. The molecule has 0 bridgehead atoms. The van der Waals surface area contributed by atoms with Gasteiger partial charge in [-0.3, -0.25) is 9.59 Å². The second-order valence-corrected chi connectivity index (χ2v) is 5.96. The van der Waals surface area contributed by atoms with Crippen molar-refractivity contribution in [3.8, 4) is 6.07 Å². The van der Waals surface area contributed by atoms with Gasteiger partial charge in [-0.1, -0.05) is 19.1 Å². The third-order valence-electron chi connectivity index (χ3n) is 4.26. The molecule has 0 aromatic heterocycles. The van der Waals surface area contributed by atoms with Crippen molar-refractivity contribution in [3.05, 3.63) is 35.4 Å². The SMILES string of the molecule is CCC(=O)N1CCCC[C@H]1C(=O)N(C)Cc1cccc(C#N)c1. The molecule has 1 atom stereocenters. The van der Waals surface area contributed by atoms with E-state index in [4.69, 9.17) is 5.26 Å². The van der Waals surface area contributed by atoms with Crippen LogP contribution in [0.4, 0.5) is 0 Å². The molecule has 1 heterocycles. The Balaban J connectivity index is 2.08. The van der Waals surface area contributed by atoms with Crippen LogP contribution in [0.2, 0.25) is 0 Å². The van der Waals surface area contributed by atoms with Crippen LogP contribution in [0.15, 0.2) is 24.3 Å². The first-order valence-electron chi connectivity index (χ1n) is 8.10. The molecule has 1 aromatic rings. The Bertz CT molecular complexity index is 621. The van der Waals surface area contributed by atoms with Gasteiger partial charge in [-0.25, -0.2) is 0 Å². The molecule has 0 unspecified atom stereocenters. The van der Waals surface area contributed by atoms with Crippen molar-refractivity contribution in [3.63, 3.8) is 0 Å². The first-order valence-corrected chi connectivity index (χ1v) is 8.10. The maximum atomic E-state index is 12.8. The number of benzene rings is 1. The number of likely N-dealkylation sites (tertiary alicyclic amines) is 1. The average Bonchev–Trinajstić information content (AvgIpc) is 2.60. The fourth-order valence-electron chi connectivity index (χ4n) is 3.04. The number of hydrogen-bond donors (Lipinski definition) is 0. The van der Waals surface area contributed by atoms with Crippen LogP contribution in [-0.2, 0) is 16.1 Å². The summed E-state index contributed by atoms with van der Waals surface area (Å²) in [4.78, 5) is 28.2. The third kappa shape index (κ3) is 4.10. The number of likely N-dealkylation sites (N-methyl/N-ethyl adjacent to an activating group) is 1. The maximum Gasteiger partial charge on any atom is 0.245 e. The van der Waals surface area contributed by atoms with Gasteiger partial charge in [-0.15, -0.1) is 0 Å². The van der Waals surface area contributed by atoms with E-state index in [1.807, 2.05) is 19.1 Å². The molecule has 2 rings (SSSR count). The fourth-order valence-corrected chi connectivity index (χ4v) is 3.04. The minimum Gasteiger partial charge on any atom is -0.340 e. The molecule has 1 aliphatic heterocycles. The van der Waals surface area contributed by atoms with Gasteiger partial charge in [0.15, 0.2) is 0 Å². The number of carbonyl (C=O) groups is 2. The molecule has 0 spiro atoms. The first-order chi connectivity index (χ1) is 11.1. The molecule has 1 fully saturated rings. The molecule has 1 aromatic carbocycles. The number of piperidine rings is 1. The van der Waals surface area contributed by atoms with E-state index in [9.17, 15) is 9.59 Å². The third-order valence-corrected chi connectivity index (χ3v) is 4.26. The highest BCUT2D eigenvalue weighted by molar-refractivity contribution is 5.87. The zero-order chi connectivity index (χ0) is 16.8. The molecular formula is C18H23N3O2. The number of hydrogen-bond acceptors (Lipinski definition) is 3. The highest BCUT2D eigenvalue weighted by atomic mass is 16.2. The van der Waals surface area contributed by atoms with Crippen LogP contribution in [0, 0.1) is 11.3 Å². The number of rotatable bonds is 4. The Morgan fingerprint density at radius 1 is 1.39 bits per heavy atom. The summed E-state index contributed by atoms with van der Waals surface area (Å²) in [6.07, 6.45) is 3.09. The zero-order valence-electron chi connectivity index (χ0n) is 13.8. The van der Waals surface area contributed by atoms with E-state index in [1.54, 1.807) is 29.0 Å². The molecule has 0 N–H and O–H groups in total. The van der Waals surface area contributed by atoms with Crippen LogP contribution in [0.25, 0.3) is 0 Å². The van der Waals surface area contributed by atoms with Crippen molar-refractivity contribution in [1.82, 2.24) is 9.80 Å². The Morgan fingerprint density at radius 3 is 2.87 bits per heavy atom. The summed E-state index contributed by atoms with van der Waals surface area (Å²) in [5.74, 6) is 0.0248. The highest BCUT2D eigenvalue weighted by Gasteiger charge is 2.32. The van der Waals surface area contributed by atoms with E-state index in [1.165, 1.54) is 0 Å². The molecule has 0 radical (unpaired) electrons. The van der Waals surface area contributed by atoms with Crippen molar-refractivity contribution in [2.45, 2.75) is 45.2 Å². The summed E-state index contributed by atoms with van der Waals surface area (Å²) < 4.78 is 0. The van der Waals surface area contributed by atoms with E-state index in [-0.39, 0.29) is 17.9 Å². The number of carbonyl (C=O) groups excluding carboxylic acids is 2. The Morgan fingerprint density at radius 2 is 2.17 bits per heavy atom. The lowest BCUT2D eigenvalue weighted by Gasteiger charge is -2.36. The summed E-state index contributed by atoms with van der Waals surface area (Å²) in [6.45, 7) is 2.94. The van der Waals surface area contributed by atoms with Gasteiger partial charge in [0.1, 0.15) is 6.04 Å². The lowest BCUT2D eigenvalue weighted by Crippen LogP contribution is -2.52. The van der Waals surface area contributed by atoms with Gasteiger partial charge in [-0.05, 0) is 37.0 Å². The van der Waals surface area contributed by atoms with E-state index >= 15 is 0 Å².